The minimum absolute atomic E-state index is 0.0144. The number of fused-ring (bicyclic) bond motifs is 2. The number of primary amides is 1. The topological polar surface area (TPSA) is 212 Å². The lowest BCUT2D eigenvalue weighted by Gasteiger charge is -2.38. The summed E-state index contributed by atoms with van der Waals surface area (Å²) < 4.78 is 8.54. The van der Waals surface area contributed by atoms with Crippen LogP contribution in [0.4, 0.5) is 0 Å². The maximum absolute atomic E-state index is 13.9. The van der Waals surface area contributed by atoms with Crippen molar-refractivity contribution in [1.82, 2.24) is 29.6 Å². The van der Waals surface area contributed by atoms with Gasteiger partial charge in [0.05, 0.1) is 17.0 Å². The lowest BCUT2D eigenvalue weighted by molar-refractivity contribution is -0.159. The maximum Gasteiger partial charge on any atom is 0.329 e. The van der Waals surface area contributed by atoms with Crippen LogP contribution in [0.25, 0.3) is 11.0 Å². The Bertz CT molecular complexity index is 2010. The number of piperidine rings is 1. The highest BCUT2D eigenvalue weighted by molar-refractivity contribution is 6.00. The van der Waals surface area contributed by atoms with E-state index in [0.29, 0.717) is 43.7 Å². The molecule has 0 radical (unpaired) electrons. The molecule has 4 fully saturated rings. The average molecular weight is 806 g/mol. The van der Waals surface area contributed by atoms with Gasteiger partial charge in [0, 0.05) is 45.4 Å². The Kier molecular flexibility index (Phi) is 12.8. The third-order valence-electron chi connectivity index (χ3n) is 12.4. The molecule has 1 aromatic heterocycles. The number of nitrogens with zero attached hydrogens (tertiary/aromatic N) is 4. The Labute approximate surface area is 338 Å². The molecule has 58 heavy (non-hydrogen) atoms. The number of nitrogens with two attached hydrogens (primary N) is 1. The van der Waals surface area contributed by atoms with Gasteiger partial charge in [-0.15, -0.1) is 0 Å². The highest BCUT2D eigenvalue weighted by Gasteiger charge is 2.45. The molecule has 1 aliphatic carbocycles. The van der Waals surface area contributed by atoms with Crippen molar-refractivity contribution in [3.05, 3.63) is 34.2 Å². The molecule has 4 aliphatic rings. The molecular formula is C42H59N7O9. The van der Waals surface area contributed by atoms with Gasteiger partial charge < -0.3 is 25.6 Å². The van der Waals surface area contributed by atoms with E-state index in [1.54, 1.807) is 44.2 Å². The van der Waals surface area contributed by atoms with Crippen LogP contribution in [-0.4, -0.2) is 97.2 Å². The van der Waals surface area contributed by atoms with Gasteiger partial charge in [0.2, 0.25) is 35.4 Å². The molecule has 0 bridgehead atoms. The zero-order valence-electron chi connectivity index (χ0n) is 34.4. The molecule has 6 amide bonds. The number of esters is 1. The fraction of sp³-hybridized carbons (Fsp3) is 0.667. The van der Waals surface area contributed by atoms with Crippen LogP contribution in [0.1, 0.15) is 116 Å². The number of aromatic nitrogens is 2. The molecule has 316 valence electrons. The SMILES string of the molecule is C[C@H]1CN(C(=O)CC2CCC(Cc3ccc4c(c3)n(C)c(=O)n4C3CCC(=O)NC3=O)CC2)CC[C@H]2CC[C@@H](C(=O)N[C@@H](CCC(N)=O)C(=O)OC(C)(C)C)N2C1=O. The molecule has 5 atom stereocenters. The molecule has 3 aliphatic heterocycles. The van der Waals surface area contributed by atoms with E-state index in [1.165, 1.54) is 4.57 Å². The van der Waals surface area contributed by atoms with E-state index in [1.807, 2.05) is 23.1 Å². The fourth-order valence-electron chi connectivity index (χ4n) is 9.33. The molecule has 1 unspecified atom stereocenters. The molecule has 1 saturated carbocycles. The second-order valence-corrected chi connectivity index (χ2v) is 17.9. The van der Waals surface area contributed by atoms with Gasteiger partial charge in [0.15, 0.2) is 0 Å². The second kappa shape index (κ2) is 17.5. The van der Waals surface area contributed by atoms with Gasteiger partial charge in [-0.1, -0.05) is 13.0 Å². The van der Waals surface area contributed by atoms with Gasteiger partial charge in [-0.05, 0) is 115 Å². The second-order valence-electron chi connectivity index (χ2n) is 17.9. The molecule has 4 heterocycles. The Hall–Kier alpha value is -5.02. The van der Waals surface area contributed by atoms with E-state index in [4.69, 9.17) is 10.5 Å². The van der Waals surface area contributed by atoms with Crippen molar-refractivity contribution in [3.8, 4) is 0 Å². The van der Waals surface area contributed by atoms with Gasteiger partial charge in [-0.3, -0.25) is 43.2 Å². The fourth-order valence-corrected chi connectivity index (χ4v) is 9.33. The Balaban J connectivity index is 1.01. The summed E-state index contributed by atoms with van der Waals surface area (Å²) in [7, 11) is 1.70. The minimum Gasteiger partial charge on any atom is -0.458 e. The number of amides is 6. The first-order valence-corrected chi connectivity index (χ1v) is 20.8. The number of carbonyl (C=O) groups is 7. The van der Waals surface area contributed by atoms with Gasteiger partial charge >= 0.3 is 11.7 Å². The molecule has 2 aromatic rings. The van der Waals surface area contributed by atoms with Crippen LogP contribution in [0.5, 0.6) is 0 Å². The van der Waals surface area contributed by atoms with Crippen molar-refractivity contribution in [2.75, 3.05) is 13.1 Å². The molecular weight excluding hydrogens is 747 g/mol. The van der Waals surface area contributed by atoms with Crippen LogP contribution in [0.15, 0.2) is 23.0 Å². The van der Waals surface area contributed by atoms with E-state index in [2.05, 4.69) is 10.6 Å². The van der Waals surface area contributed by atoms with E-state index in [-0.39, 0.29) is 67.6 Å². The number of carbonyl (C=O) groups excluding carboxylic acids is 7. The summed E-state index contributed by atoms with van der Waals surface area (Å²) in [6.07, 6.45) is 6.95. The van der Waals surface area contributed by atoms with Crippen LogP contribution < -0.4 is 22.1 Å². The largest absolute Gasteiger partial charge is 0.458 e. The standard InChI is InChI=1S/C42H59N7O9/c1-24-23-47(19-18-28-11-14-31(48(28)39(24)55)37(53)44-29(12-16-34(43)50)40(56)58-42(2,3)4)36(52)22-26-8-6-25(7-9-26)20-27-10-13-30-33(21-27)46(5)41(57)49(30)32-15-17-35(51)45-38(32)54/h10,13,21,24-26,28-29,31-32H,6-9,11-12,14-20,22-23H2,1-5H3,(H2,43,50)(H,44,53)(H,45,51,54)/t24-,25?,26?,28+,29-,31-,32?/m0/s1. The molecule has 4 N–H and O–H groups in total. The smallest absolute Gasteiger partial charge is 0.329 e. The Morgan fingerprint density at radius 3 is 2.33 bits per heavy atom. The first kappa shape index (κ1) is 42.6. The predicted molar refractivity (Wildman–Crippen MR) is 213 cm³/mol. The van der Waals surface area contributed by atoms with Gasteiger partial charge in [-0.2, -0.15) is 0 Å². The zero-order valence-corrected chi connectivity index (χ0v) is 34.4. The molecule has 3 saturated heterocycles. The third kappa shape index (κ3) is 9.63. The summed E-state index contributed by atoms with van der Waals surface area (Å²) in [5, 5.41) is 5.09. The highest BCUT2D eigenvalue weighted by Crippen LogP contribution is 2.35. The van der Waals surface area contributed by atoms with Crippen molar-refractivity contribution in [2.45, 2.75) is 141 Å². The number of nitrogens with one attached hydrogen (secondary N) is 2. The third-order valence-corrected chi connectivity index (χ3v) is 12.4. The van der Waals surface area contributed by atoms with Crippen LogP contribution in [0.3, 0.4) is 0 Å². The number of ether oxygens (including phenoxy) is 1. The molecule has 6 rings (SSSR count). The lowest BCUT2D eigenvalue weighted by atomic mass is 9.78. The van der Waals surface area contributed by atoms with Crippen molar-refractivity contribution < 1.29 is 38.3 Å². The molecule has 16 nitrogen and oxygen atoms in total. The van der Waals surface area contributed by atoms with Gasteiger partial charge in [0.25, 0.3) is 0 Å². The summed E-state index contributed by atoms with van der Waals surface area (Å²) in [6, 6.07) is 3.12. The predicted octanol–water partition coefficient (Wildman–Crippen LogP) is 2.38. The van der Waals surface area contributed by atoms with E-state index in [0.717, 1.165) is 43.2 Å². The first-order valence-electron chi connectivity index (χ1n) is 20.8. The maximum atomic E-state index is 13.9. The van der Waals surface area contributed by atoms with E-state index < -0.39 is 53.3 Å². The van der Waals surface area contributed by atoms with Gasteiger partial charge in [-0.25, -0.2) is 9.59 Å². The summed E-state index contributed by atoms with van der Waals surface area (Å²) >= 11 is 0. The summed E-state index contributed by atoms with van der Waals surface area (Å²) in [4.78, 5) is 107. The van der Waals surface area contributed by atoms with Crippen molar-refractivity contribution in [2.24, 2.45) is 30.5 Å². The number of rotatable bonds is 11. The lowest BCUT2D eigenvalue weighted by Crippen LogP contribution is -2.56. The molecule has 1 aromatic carbocycles. The molecule has 0 spiro atoms. The monoisotopic (exact) mass is 805 g/mol. The number of imidazole rings is 1. The van der Waals surface area contributed by atoms with Crippen LogP contribution >= 0.6 is 0 Å². The van der Waals surface area contributed by atoms with Crippen molar-refractivity contribution in [3.63, 3.8) is 0 Å². The Morgan fingerprint density at radius 2 is 1.66 bits per heavy atom. The summed E-state index contributed by atoms with van der Waals surface area (Å²) in [5.41, 5.74) is 6.75. The highest BCUT2D eigenvalue weighted by atomic mass is 16.6. The van der Waals surface area contributed by atoms with Crippen molar-refractivity contribution in [1.29, 1.82) is 0 Å². The normalized spacial score (nSPS) is 26.1. The number of hydrogen-bond donors (Lipinski definition) is 3. The van der Waals surface area contributed by atoms with Crippen LogP contribution in [-0.2, 0) is 51.8 Å². The van der Waals surface area contributed by atoms with Crippen LogP contribution in [0, 0.1) is 17.8 Å². The van der Waals surface area contributed by atoms with Crippen molar-refractivity contribution >= 4 is 52.4 Å². The number of benzene rings is 1. The van der Waals surface area contributed by atoms with Crippen LogP contribution in [0.2, 0.25) is 0 Å². The zero-order chi connectivity index (χ0) is 42.1. The minimum atomic E-state index is -1.09. The first-order chi connectivity index (χ1) is 27.4. The average Bonchev–Trinajstić information content (AvgIpc) is 3.68. The van der Waals surface area contributed by atoms with E-state index in [9.17, 15) is 38.4 Å². The summed E-state index contributed by atoms with van der Waals surface area (Å²) in [5.74, 6) is -2.52. The number of aryl methyl sites for hydroxylation is 1. The van der Waals surface area contributed by atoms with E-state index >= 15 is 0 Å². The molecule has 16 heteroatoms. The Morgan fingerprint density at radius 1 is 0.948 bits per heavy atom. The number of imide groups is 1. The quantitative estimate of drug-likeness (QED) is 0.225. The number of hydrogen-bond acceptors (Lipinski definition) is 9. The summed E-state index contributed by atoms with van der Waals surface area (Å²) in [6.45, 7) is 7.67. The van der Waals surface area contributed by atoms with Gasteiger partial charge in [0.1, 0.15) is 23.7 Å².